The normalized spacial score (nSPS) is 20.0. The van der Waals surface area contributed by atoms with Gasteiger partial charge in [-0.2, -0.15) is 0 Å². The lowest BCUT2D eigenvalue weighted by molar-refractivity contribution is 0.302. The molecule has 94 valence electrons. The highest BCUT2D eigenvalue weighted by Gasteiger charge is 2.21. The van der Waals surface area contributed by atoms with Crippen molar-refractivity contribution in [2.75, 3.05) is 26.8 Å². The molecule has 0 aromatic heterocycles. The van der Waals surface area contributed by atoms with Crippen molar-refractivity contribution in [1.29, 1.82) is 0 Å². The molecule has 1 saturated heterocycles. The molecule has 2 rings (SSSR count). The van der Waals surface area contributed by atoms with Crippen molar-refractivity contribution in [3.63, 3.8) is 0 Å². The largest absolute Gasteiger partial charge is 0.493 e. The van der Waals surface area contributed by atoms with Crippen molar-refractivity contribution in [3.8, 4) is 11.5 Å². The van der Waals surface area contributed by atoms with Gasteiger partial charge < -0.3 is 14.8 Å². The molecule has 0 aliphatic carbocycles. The summed E-state index contributed by atoms with van der Waals surface area (Å²) in [6, 6.07) is 6.17. The summed E-state index contributed by atoms with van der Waals surface area (Å²) < 4.78 is 11.1. The zero-order valence-corrected chi connectivity index (χ0v) is 10.7. The Labute approximate surface area is 103 Å². The van der Waals surface area contributed by atoms with Gasteiger partial charge in [0.15, 0.2) is 11.5 Å². The minimum absolute atomic E-state index is 0.542. The molecule has 17 heavy (non-hydrogen) atoms. The number of ether oxygens (including phenoxy) is 2. The Hall–Kier alpha value is -1.22. The maximum atomic E-state index is 5.76. The van der Waals surface area contributed by atoms with E-state index in [1.807, 2.05) is 19.1 Å². The van der Waals surface area contributed by atoms with Crippen LogP contribution in [0.4, 0.5) is 0 Å². The zero-order valence-electron chi connectivity index (χ0n) is 10.7. The van der Waals surface area contributed by atoms with Crippen LogP contribution >= 0.6 is 0 Å². The summed E-state index contributed by atoms with van der Waals surface area (Å²) in [5, 5.41) is 3.44. The maximum absolute atomic E-state index is 5.76. The molecular weight excluding hydrogens is 214 g/mol. The first-order valence-electron chi connectivity index (χ1n) is 6.37. The first-order chi connectivity index (χ1) is 8.36. The average Bonchev–Trinajstić information content (AvgIpc) is 2.40. The molecule has 1 heterocycles. The Morgan fingerprint density at radius 3 is 2.94 bits per heavy atom. The number of benzene rings is 1. The summed E-state index contributed by atoms with van der Waals surface area (Å²) in [7, 11) is 1.70. The molecule has 0 amide bonds. The minimum Gasteiger partial charge on any atom is -0.493 e. The Kier molecular flexibility index (Phi) is 4.26. The molecule has 1 fully saturated rings. The van der Waals surface area contributed by atoms with Gasteiger partial charge in [-0.25, -0.2) is 0 Å². The third-order valence-electron chi connectivity index (χ3n) is 3.25. The van der Waals surface area contributed by atoms with E-state index >= 15 is 0 Å². The summed E-state index contributed by atoms with van der Waals surface area (Å²) in [5.41, 5.74) is 1.28. The molecule has 1 aromatic carbocycles. The molecule has 1 aliphatic heterocycles. The SMILES string of the molecule is CCOc1c(OC)cccc1C1CCCNC1. The highest BCUT2D eigenvalue weighted by molar-refractivity contribution is 5.48. The smallest absolute Gasteiger partial charge is 0.164 e. The van der Waals surface area contributed by atoms with E-state index in [0.29, 0.717) is 12.5 Å². The molecule has 1 N–H and O–H groups in total. The van der Waals surface area contributed by atoms with E-state index < -0.39 is 0 Å². The van der Waals surface area contributed by atoms with Crippen LogP contribution in [0, 0.1) is 0 Å². The fourth-order valence-electron chi connectivity index (χ4n) is 2.43. The molecule has 1 aromatic rings. The number of piperidine rings is 1. The summed E-state index contributed by atoms with van der Waals surface area (Å²) >= 11 is 0. The molecule has 0 bridgehead atoms. The fourth-order valence-corrected chi connectivity index (χ4v) is 2.43. The van der Waals surface area contributed by atoms with E-state index in [1.54, 1.807) is 7.11 Å². The van der Waals surface area contributed by atoms with Gasteiger partial charge in [0.05, 0.1) is 13.7 Å². The lowest BCUT2D eigenvalue weighted by Gasteiger charge is -2.25. The van der Waals surface area contributed by atoms with Crippen LogP contribution in [0.5, 0.6) is 11.5 Å². The van der Waals surface area contributed by atoms with Crippen LogP contribution in [0.25, 0.3) is 0 Å². The number of para-hydroxylation sites is 1. The Bertz CT molecular complexity index is 359. The first-order valence-corrected chi connectivity index (χ1v) is 6.37. The Balaban J connectivity index is 2.30. The van der Waals surface area contributed by atoms with Gasteiger partial charge in [-0.05, 0) is 32.4 Å². The van der Waals surface area contributed by atoms with Crippen molar-refractivity contribution in [2.45, 2.75) is 25.7 Å². The number of methoxy groups -OCH3 is 1. The topological polar surface area (TPSA) is 30.5 Å². The van der Waals surface area contributed by atoms with Gasteiger partial charge in [0.2, 0.25) is 0 Å². The monoisotopic (exact) mass is 235 g/mol. The summed E-state index contributed by atoms with van der Waals surface area (Å²) in [5.74, 6) is 2.31. The predicted octanol–water partition coefficient (Wildman–Crippen LogP) is 2.56. The van der Waals surface area contributed by atoms with E-state index in [2.05, 4.69) is 11.4 Å². The highest BCUT2D eigenvalue weighted by atomic mass is 16.5. The van der Waals surface area contributed by atoms with E-state index in [-0.39, 0.29) is 0 Å². The number of hydrogen-bond acceptors (Lipinski definition) is 3. The van der Waals surface area contributed by atoms with Gasteiger partial charge in [-0.3, -0.25) is 0 Å². The number of hydrogen-bond donors (Lipinski definition) is 1. The summed E-state index contributed by atoms with van der Waals surface area (Å²) in [6.07, 6.45) is 2.45. The Morgan fingerprint density at radius 2 is 2.29 bits per heavy atom. The lowest BCUT2D eigenvalue weighted by atomic mass is 9.91. The third-order valence-corrected chi connectivity index (χ3v) is 3.25. The molecule has 3 nitrogen and oxygen atoms in total. The van der Waals surface area contributed by atoms with Crippen LogP contribution in [-0.2, 0) is 0 Å². The second-order valence-corrected chi connectivity index (χ2v) is 4.35. The van der Waals surface area contributed by atoms with E-state index in [0.717, 1.165) is 24.6 Å². The van der Waals surface area contributed by atoms with Gasteiger partial charge >= 0.3 is 0 Å². The molecule has 1 atom stereocenters. The van der Waals surface area contributed by atoms with Gasteiger partial charge in [-0.1, -0.05) is 12.1 Å². The number of nitrogens with one attached hydrogen (secondary N) is 1. The van der Waals surface area contributed by atoms with Crippen LogP contribution < -0.4 is 14.8 Å². The van der Waals surface area contributed by atoms with Gasteiger partial charge in [0, 0.05) is 18.0 Å². The predicted molar refractivity (Wildman–Crippen MR) is 69.0 cm³/mol. The number of rotatable bonds is 4. The van der Waals surface area contributed by atoms with Crippen LogP contribution in [-0.4, -0.2) is 26.8 Å². The van der Waals surface area contributed by atoms with Gasteiger partial charge in [-0.15, -0.1) is 0 Å². The molecule has 0 radical (unpaired) electrons. The molecule has 0 saturated carbocycles. The Morgan fingerprint density at radius 1 is 1.41 bits per heavy atom. The third kappa shape index (κ3) is 2.72. The molecular formula is C14H21NO2. The van der Waals surface area contributed by atoms with Crippen LogP contribution in [0.15, 0.2) is 18.2 Å². The van der Waals surface area contributed by atoms with E-state index in [4.69, 9.17) is 9.47 Å². The van der Waals surface area contributed by atoms with E-state index in [1.165, 1.54) is 18.4 Å². The molecule has 1 aliphatic rings. The van der Waals surface area contributed by atoms with Crippen molar-refractivity contribution in [1.82, 2.24) is 5.32 Å². The van der Waals surface area contributed by atoms with Gasteiger partial charge in [0.1, 0.15) is 0 Å². The van der Waals surface area contributed by atoms with Crippen molar-refractivity contribution >= 4 is 0 Å². The molecule has 3 heteroatoms. The van der Waals surface area contributed by atoms with Gasteiger partial charge in [0.25, 0.3) is 0 Å². The molecule has 1 unspecified atom stereocenters. The van der Waals surface area contributed by atoms with Crippen LogP contribution in [0.3, 0.4) is 0 Å². The summed E-state index contributed by atoms with van der Waals surface area (Å²) in [4.78, 5) is 0. The fraction of sp³-hybridized carbons (Fsp3) is 0.571. The lowest BCUT2D eigenvalue weighted by Crippen LogP contribution is -2.28. The zero-order chi connectivity index (χ0) is 12.1. The summed E-state index contributed by atoms with van der Waals surface area (Å²) in [6.45, 7) is 4.85. The maximum Gasteiger partial charge on any atom is 0.164 e. The second-order valence-electron chi connectivity index (χ2n) is 4.35. The second kappa shape index (κ2) is 5.92. The molecule has 0 spiro atoms. The average molecular weight is 235 g/mol. The first kappa shape index (κ1) is 12.2. The van der Waals surface area contributed by atoms with E-state index in [9.17, 15) is 0 Å². The van der Waals surface area contributed by atoms with Crippen LogP contribution in [0.2, 0.25) is 0 Å². The van der Waals surface area contributed by atoms with Crippen LogP contribution in [0.1, 0.15) is 31.2 Å². The highest BCUT2D eigenvalue weighted by Crippen LogP contribution is 2.37. The standard InChI is InChI=1S/C14H21NO2/c1-3-17-14-12(7-4-8-13(14)16-2)11-6-5-9-15-10-11/h4,7-8,11,15H,3,5-6,9-10H2,1-2H3. The van der Waals surface area contributed by atoms with Crippen molar-refractivity contribution in [2.24, 2.45) is 0 Å². The quantitative estimate of drug-likeness (QED) is 0.870. The van der Waals surface area contributed by atoms with Crippen molar-refractivity contribution in [3.05, 3.63) is 23.8 Å². The van der Waals surface area contributed by atoms with Crippen molar-refractivity contribution < 1.29 is 9.47 Å². The minimum atomic E-state index is 0.542.